The van der Waals surface area contributed by atoms with Crippen molar-refractivity contribution in [1.29, 1.82) is 0 Å². The fraction of sp³-hybridized carbons (Fsp3) is 0.800. The summed E-state index contributed by atoms with van der Waals surface area (Å²) >= 11 is 0. The van der Waals surface area contributed by atoms with Gasteiger partial charge in [0.2, 0.25) is 17.7 Å². The Morgan fingerprint density at radius 2 is 1.76 bits per heavy atom. The number of urea groups is 1. The maximum Gasteiger partial charge on any atom is 0.408 e. The smallest absolute Gasteiger partial charge is 0.408 e. The lowest BCUT2D eigenvalue weighted by atomic mass is 9.85. The molecule has 3 fully saturated rings. The summed E-state index contributed by atoms with van der Waals surface area (Å²) in [6.07, 6.45) is -0.718. The molecule has 0 aromatic carbocycles. The Balaban J connectivity index is 1.81. The monoisotopic (exact) mass is 522 g/mol. The van der Waals surface area contributed by atoms with E-state index in [1.165, 1.54) is 9.80 Å². The summed E-state index contributed by atoms with van der Waals surface area (Å²) in [6.45, 7) is 15.9. The number of carbonyl (C=O) groups is 5. The number of likely N-dealkylation sites (tertiary alicyclic amines) is 1. The van der Waals surface area contributed by atoms with E-state index >= 15 is 0 Å². The molecule has 1 aliphatic carbocycles. The molecular formula is C25H42N6O6. The first-order valence-corrected chi connectivity index (χ1v) is 12.8. The van der Waals surface area contributed by atoms with Gasteiger partial charge >= 0.3 is 12.1 Å². The Hall–Kier alpha value is -3.05. The highest BCUT2D eigenvalue weighted by molar-refractivity contribution is 5.95. The van der Waals surface area contributed by atoms with Crippen molar-refractivity contribution in [2.24, 2.45) is 28.4 Å². The number of alkyl carbamates (subject to hydrolysis) is 1. The Labute approximate surface area is 218 Å². The Kier molecular flexibility index (Phi) is 7.46. The number of hydrogen-bond donors (Lipinski definition) is 4. The number of piperidine rings is 1. The van der Waals surface area contributed by atoms with Crippen LogP contribution < -0.4 is 21.7 Å². The highest BCUT2D eigenvalue weighted by Gasteiger charge is 2.70. The van der Waals surface area contributed by atoms with Gasteiger partial charge in [0.15, 0.2) is 0 Å². The number of carbonyl (C=O) groups excluding carboxylic acids is 5. The van der Waals surface area contributed by atoms with Crippen molar-refractivity contribution in [3.8, 4) is 0 Å². The van der Waals surface area contributed by atoms with Crippen LogP contribution in [-0.2, 0) is 19.1 Å². The second-order valence-electron chi connectivity index (χ2n) is 13.0. The predicted molar refractivity (Wildman–Crippen MR) is 135 cm³/mol. The minimum absolute atomic E-state index is 0.0596. The molecule has 2 saturated heterocycles. The number of nitrogens with zero attached hydrogens (tertiary/aromatic N) is 2. The highest BCUT2D eigenvalue weighted by Crippen LogP contribution is 2.65. The zero-order valence-electron chi connectivity index (χ0n) is 23.1. The molecule has 37 heavy (non-hydrogen) atoms. The third-order valence-corrected chi connectivity index (χ3v) is 7.54. The first-order valence-electron chi connectivity index (χ1n) is 12.8. The lowest BCUT2D eigenvalue weighted by Crippen LogP contribution is -2.61. The summed E-state index contributed by atoms with van der Waals surface area (Å²) in [6, 6.07) is -3.22. The number of nitrogens with two attached hydrogens (primary N) is 1. The molecule has 2 heterocycles. The van der Waals surface area contributed by atoms with E-state index in [1.807, 2.05) is 34.6 Å². The molecule has 5 atom stereocenters. The molecule has 0 unspecified atom stereocenters. The molecule has 3 rings (SSSR count). The third-order valence-electron chi connectivity index (χ3n) is 7.54. The number of nitrogens with one attached hydrogen (secondary N) is 3. The summed E-state index contributed by atoms with van der Waals surface area (Å²) < 4.78 is 5.38. The van der Waals surface area contributed by atoms with E-state index in [9.17, 15) is 24.0 Å². The van der Waals surface area contributed by atoms with Crippen molar-refractivity contribution < 1.29 is 28.7 Å². The van der Waals surface area contributed by atoms with Crippen LogP contribution in [0.4, 0.5) is 9.59 Å². The van der Waals surface area contributed by atoms with Crippen LogP contribution in [0.25, 0.3) is 0 Å². The summed E-state index contributed by atoms with van der Waals surface area (Å²) in [4.78, 5) is 67.0. The molecule has 0 bridgehead atoms. The van der Waals surface area contributed by atoms with Crippen LogP contribution in [-0.4, -0.2) is 89.6 Å². The summed E-state index contributed by atoms with van der Waals surface area (Å²) in [5.74, 6) is -1.67. The van der Waals surface area contributed by atoms with Crippen LogP contribution in [0.5, 0.6) is 0 Å². The molecule has 0 spiro atoms. The van der Waals surface area contributed by atoms with E-state index < -0.39 is 53.0 Å². The standard InChI is InChI=1S/C25H42N6O6/c1-23(2,3)17(29-22(36)37-24(4,5)6)20(34)31-11-13-15(25(13,7)8)16(31)19(33)28-14(18(26)32)12-30-10-9-27-21(30)35/h13-17H,9-12H2,1-8H3,(H2,26,32)(H,27,35)(H,28,33)(H,29,36)/t13-,14-,15-,16-,17+/m0/s1. The maximum absolute atomic E-state index is 13.8. The number of ether oxygens (including phenoxy) is 1. The van der Waals surface area contributed by atoms with Crippen LogP contribution in [0.1, 0.15) is 55.4 Å². The van der Waals surface area contributed by atoms with Crippen LogP contribution in [0.2, 0.25) is 0 Å². The number of rotatable bonds is 7. The molecule has 12 nitrogen and oxygen atoms in total. The zero-order chi connectivity index (χ0) is 28.1. The van der Waals surface area contributed by atoms with Gasteiger partial charge in [-0.15, -0.1) is 0 Å². The molecule has 12 heteroatoms. The number of primary amides is 1. The van der Waals surface area contributed by atoms with Gasteiger partial charge in [0, 0.05) is 19.6 Å². The van der Waals surface area contributed by atoms with Crippen molar-refractivity contribution in [3.05, 3.63) is 0 Å². The number of amides is 6. The third kappa shape index (κ3) is 6.10. The lowest BCUT2D eigenvalue weighted by Gasteiger charge is -2.38. The molecule has 208 valence electrons. The van der Waals surface area contributed by atoms with Gasteiger partial charge in [-0.25, -0.2) is 9.59 Å². The van der Waals surface area contributed by atoms with E-state index in [1.54, 1.807) is 20.8 Å². The number of hydrogen-bond acceptors (Lipinski definition) is 6. The van der Waals surface area contributed by atoms with E-state index in [-0.39, 0.29) is 29.8 Å². The lowest BCUT2D eigenvalue weighted by molar-refractivity contribution is -0.144. The van der Waals surface area contributed by atoms with Crippen LogP contribution >= 0.6 is 0 Å². The molecule has 0 aromatic rings. The quantitative estimate of drug-likeness (QED) is 0.378. The van der Waals surface area contributed by atoms with E-state index in [2.05, 4.69) is 16.0 Å². The minimum atomic E-state index is -1.10. The second kappa shape index (κ2) is 9.68. The maximum atomic E-state index is 13.8. The second-order valence-corrected chi connectivity index (χ2v) is 13.0. The topological polar surface area (TPSA) is 163 Å². The zero-order valence-corrected chi connectivity index (χ0v) is 23.1. The molecule has 6 amide bonds. The van der Waals surface area contributed by atoms with Crippen LogP contribution in [0, 0.1) is 22.7 Å². The highest BCUT2D eigenvalue weighted by atomic mass is 16.6. The molecule has 3 aliphatic rings. The Bertz CT molecular complexity index is 968. The molecule has 5 N–H and O–H groups in total. The average molecular weight is 523 g/mol. The minimum Gasteiger partial charge on any atom is -0.444 e. The van der Waals surface area contributed by atoms with Gasteiger partial charge in [-0.1, -0.05) is 34.6 Å². The Morgan fingerprint density at radius 1 is 1.14 bits per heavy atom. The Morgan fingerprint density at radius 3 is 2.24 bits per heavy atom. The SMILES string of the molecule is CC(C)(C)OC(=O)N[C@H](C(=O)N1C[C@H]2[C@@H]([C@H]1C(=O)N[C@@H](CN1CCNC1=O)C(N)=O)C2(C)C)C(C)(C)C. The normalized spacial score (nSPS) is 26.1. The molecule has 1 saturated carbocycles. The van der Waals surface area contributed by atoms with Crippen LogP contribution in [0.3, 0.4) is 0 Å². The molecule has 2 aliphatic heterocycles. The van der Waals surface area contributed by atoms with E-state index in [0.29, 0.717) is 19.6 Å². The van der Waals surface area contributed by atoms with Gasteiger partial charge in [-0.2, -0.15) is 0 Å². The molecule has 0 aromatic heterocycles. The van der Waals surface area contributed by atoms with Crippen molar-refractivity contribution in [1.82, 2.24) is 25.8 Å². The molecular weight excluding hydrogens is 480 g/mol. The van der Waals surface area contributed by atoms with Gasteiger partial charge in [0.25, 0.3) is 0 Å². The van der Waals surface area contributed by atoms with Crippen molar-refractivity contribution in [2.45, 2.75) is 79.1 Å². The summed E-state index contributed by atoms with van der Waals surface area (Å²) in [5.41, 5.74) is 3.98. The van der Waals surface area contributed by atoms with Gasteiger partial charge in [-0.05, 0) is 43.4 Å². The van der Waals surface area contributed by atoms with Gasteiger partial charge < -0.3 is 36.2 Å². The van der Waals surface area contributed by atoms with Crippen LogP contribution in [0.15, 0.2) is 0 Å². The predicted octanol–water partition coefficient (Wildman–Crippen LogP) is 0.404. The van der Waals surface area contributed by atoms with Crippen molar-refractivity contribution in [3.63, 3.8) is 0 Å². The molecule has 0 radical (unpaired) electrons. The van der Waals surface area contributed by atoms with Crippen molar-refractivity contribution in [2.75, 3.05) is 26.2 Å². The summed E-state index contributed by atoms with van der Waals surface area (Å²) in [7, 11) is 0. The van der Waals surface area contributed by atoms with Crippen molar-refractivity contribution >= 4 is 29.8 Å². The van der Waals surface area contributed by atoms with E-state index in [0.717, 1.165) is 0 Å². The number of fused-ring (bicyclic) bond motifs is 1. The first-order chi connectivity index (χ1) is 16.8. The fourth-order valence-corrected chi connectivity index (χ4v) is 5.42. The average Bonchev–Trinajstić information content (AvgIpc) is 3.08. The van der Waals surface area contributed by atoms with Gasteiger partial charge in [-0.3, -0.25) is 14.4 Å². The summed E-state index contributed by atoms with van der Waals surface area (Å²) in [5, 5.41) is 8.05. The van der Waals surface area contributed by atoms with Gasteiger partial charge in [0.05, 0.1) is 6.54 Å². The fourth-order valence-electron chi connectivity index (χ4n) is 5.42. The first kappa shape index (κ1) is 28.5. The van der Waals surface area contributed by atoms with E-state index in [4.69, 9.17) is 10.5 Å². The van der Waals surface area contributed by atoms with Gasteiger partial charge in [0.1, 0.15) is 23.7 Å². The largest absolute Gasteiger partial charge is 0.444 e.